The number of halogens is 1. The van der Waals surface area contributed by atoms with E-state index in [2.05, 4.69) is 12.1 Å². The Labute approximate surface area is 240 Å². The summed E-state index contributed by atoms with van der Waals surface area (Å²) in [7, 11) is 1.61. The standard InChI is InChI=1S/C32H33NO4S.ClH/c1-36-24-18-15-23(16-19-24)30(38-31-26-13-6-5-11-22(26)17-20-27(31)33)29(34)32(35)37-28-14-8-7-12-25(28)21-9-3-2-4-10-21;/h2-6,9-11,13,15-20,25,28-30,34H,7-8,12,14,33H2,1H3;1H/t25-,28+,29+,30-;/m0./s1. The maximum atomic E-state index is 13.5. The first kappa shape index (κ1) is 28.8. The van der Waals surface area contributed by atoms with Gasteiger partial charge in [-0.3, -0.25) is 0 Å². The molecule has 0 unspecified atom stereocenters. The fourth-order valence-corrected chi connectivity index (χ4v) is 6.59. The lowest BCUT2D eigenvalue weighted by Crippen LogP contribution is -2.35. The van der Waals surface area contributed by atoms with Gasteiger partial charge in [0.15, 0.2) is 6.10 Å². The summed E-state index contributed by atoms with van der Waals surface area (Å²) in [5.74, 6) is 0.221. The lowest BCUT2D eigenvalue weighted by atomic mass is 9.81. The first-order valence-electron chi connectivity index (χ1n) is 13.1. The van der Waals surface area contributed by atoms with Gasteiger partial charge in [0, 0.05) is 16.5 Å². The Morgan fingerprint density at radius 3 is 2.36 bits per heavy atom. The van der Waals surface area contributed by atoms with Crippen molar-refractivity contribution < 1.29 is 19.4 Å². The van der Waals surface area contributed by atoms with Gasteiger partial charge in [-0.1, -0.05) is 79.2 Å². The number of benzene rings is 4. The van der Waals surface area contributed by atoms with Gasteiger partial charge < -0.3 is 20.3 Å². The minimum atomic E-state index is -1.38. The van der Waals surface area contributed by atoms with Gasteiger partial charge in [0.05, 0.1) is 12.4 Å². The van der Waals surface area contributed by atoms with Gasteiger partial charge in [0.2, 0.25) is 0 Å². The monoisotopic (exact) mass is 563 g/mol. The maximum Gasteiger partial charge on any atom is 0.336 e. The molecular formula is C32H34ClNO4S. The largest absolute Gasteiger partial charge is 0.497 e. The fourth-order valence-electron chi connectivity index (χ4n) is 5.29. The molecule has 0 aromatic heterocycles. The minimum Gasteiger partial charge on any atom is -0.497 e. The number of aliphatic hydroxyl groups excluding tert-OH is 1. The summed E-state index contributed by atoms with van der Waals surface area (Å²) in [6, 6.07) is 29.5. The highest BCUT2D eigenvalue weighted by molar-refractivity contribution is 8.00. The van der Waals surface area contributed by atoms with Crippen LogP contribution >= 0.6 is 24.2 Å². The average Bonchev–Trinajstić information content (AvgIpc) is 2.97. The molecule has 4 aromatic carbocycles. The minimum absolute atomic E-state index is 0. The number of carbonyl (C=O) groups excluding carboxylic acids is 1. The van der Waals surface area contributed by atoms with Crippen LogP contribution in [0.5, 0.6) is 5.75 Å². The molecule has 1 aliphatic rings. The van der Waals surface area contributed by atoms with Crippen molar-refractivity contribution in [2.45, 2.75) is 54.0 Å². The number of hydrogen-bond acceptors (Lipinski definition) is 6. The van der Waals surface area contributed by atoms with E-state index in [1.165, 1.54) is 17.3 Å². The highest BCUT2D eigenvalue weighted by Gasteiger charge is 2.36. The zero-order valence-corrected chi connectivity index (χ0v) is 23.5. The molecule has 5 rings (SSSR count). The van der Waals surface area contributed by atoms with Crippen molar-refractivity contribution in [3.63, 3.8) is 0 Å². The zero-order valence-electron chi connectivity index (χ0n) is 21.9. The molecule has 3 N–H and O–H groups in total. The van der Waals surface area contributed by atoms with Gasteiger partial charge >= 0.3 is 5.97 Å². The zero-order chi connectivity index (χ0) is 26.5. The third kappa shape index (κ3) is 6.52. The average molecular weight is 564 g/mol. The molecule has 0 spiro atoms. The second-order valence-corrected chi connectivity index (χ2v) is 10.9. The molecule has 0 radical (unpaired) electrons. The van der Waals surface area contributed by atoms with Gasteiger partial charge in [-0.25, -0.2) is 4.79 Å². The molecule has 5 nitrogen and oxygen atoms in total. The highest BCUT2D eigenvalue weighted by atomic mass is 35.5. The SMILES string of the molecule is COc1ccc([C@H](Sc2c(N)ccc3ccccc23)[C@@H](O)C(=O)O[C@@H]2CCCC[C@H]2c2ccccc2)cc1.Cl. The molecule has 1 saturated carbocycles. The van der Waals surface area contributed by atoms with E-state index in [1.54, 1.807) is 7.11 Å². The van der Waals surface area contributed by atoms with Crippen LogP contribution in [0.1, 0.15) is 48.0 Å². The number of fused-ring (bicyclic) bond motifs is 1. The summed E-state index contributed by atoms with van der Waals surface area (Å²) in [5, 5.41) is 12.9. The second-order valence-electron chi connectivity index (χ2n) is 9.74. The number of nitrogens with two attached hydrogens (primary N) is 1. The molecule has 39 heavy (non-hydrogen) atoms. The van der Waals surface area contributed by atoms with Crippen molar-refractivity contribution in [2.24, 2.45) is 0 Å². The number of thioether (sulfide) groups is 1. The van der Waals surface area contributed by atoms with Gasteiger partial charge in [0.25, 0.3) is 0 Å². The van der Waals surface area contributed by atoms with Gasteiger partial charge in [-0.2, -0.15) is 0 Å². The third-order valence-electron chi connectivity index (χ3n) is 7.33. The Morgan fingerprint density at radius 2 is 1.62 bits per heavy atom. The number of rotatable bonds is 8. The van der Waals surface area contributed by atoms with Gasteiger partial charge in [0.1, 0.15) is 11.9 Å². The quantitative estimate of drug-likeness (QED) is 0.133. The summed E-state index contributed by atoms with van der Waals surface area (Å²) in [4.78, 5) is 14.4. The van der Waals surface area contributed by atoms with Crippen molar-refractivity contribution in [3.05, 3.63) is 102 Å². The number of methoxy groups -OCH3 is 1. The summed E-state index contributed by atoms with van der Waals surface area (Å²) in [6.45, 7) is 0. The molecule has 1 fully saturated rings. The Balaban J connectivity index is 0.00000353. The molecule has 0 bridgehead atoms. The van der Waals surface area contributed by atoms with Crippen LogP contribution in [0.25, 0.3) is 10.8 Å². The van der Waals surface area contributed by atoms with Crippen LogP contribution in [0.4, 0.5) is 5.69 Å². The van der Waals surface area contributed by atoms with E-state index in [0.29, 0.717) is 11.4 Å². The van der Waals surface area contributed by atoms with E-state index < -0.39 is 17.3 Å². The number of nitrogen functional groups attached to an aromatic ring is 1. The Bertz CT molecular complexity index is 1380. The molecule has 4 atom stereocenters. The molecule has 1 aliphatic carbocycles. The fraction of sp³-hybridized carbons (Fsp3) is 0.281. The Kier molecular flexibility index (Phi) is 9.78. The van der Waals surface area contributed by atoms with E-state index in [-0.39, 0.29) is 24.4 Å². The van der Waals surface area contributed by atoms with Crippen LogP contribution < -0.4 is 10.5 Å². The number of anilines is 1. The molecule has 0 amide bonds. The summed E-state index contributed by atoms with van der Waals surface area (Å²) < 4.78 is 11.4. The molecule has 4 aromatic rings. The van der Waals surface area contributed by atoms with Crippen LogP contribution in [0.2, 0.25) is 0 Å². The summed E-state index contributed by atoms with van der Waals surface area (Å²) >= 11 is 1.39. The Hall–Kier alpha value is -3.19. The van der Waals surface area contributed by atoms with E-state index in [4.69, 9.17) is 15.2 Å². The van der Waals surface area contributed by atoms with Crippen LogP contribution in [0.3, 0.4) is 0 Å². The molecule has 0 heterocycles. The highest BCUT2D eigenvalue weighted by Crippen LogP contribution is 2.45. The lowest BCUT2D eigenvalue weighted by molar-refractivity contribution is -0.161. The normalized spacial score (nSPS) is 18.5. The summed E-state index contributed by atoms with van der Waals surface area (Å²) in [6.07, 6.45) is 2.19. The van der Waals surface area contributed by atoms with Gasteiger partial charge in [-0.15, -0.1) is 24.2 Å². The van der Waals surface area contributed by atoms with Crippen LogP contribution in [-0.2, 0) is 9.53 Å². The topological polar surface area (TPSA) is 81.8 Å². The number of aliphatic hydroxyl groups is 1. The second kappa shape index (κ2) is 13.2. The predicted octanol–water partition coefficient (Wildman–Crippen LogP) is 7.32. The molecule has 0 aliphatic heterocycles. The molecular weight excluding hydrogens is 530 g/mol. The first-order valence-corrected chi connectivity index (χ1v) is 13.9. The molecule has 7 heteroatoms. The number of carbonyl (C=O) groups is 1. The van der Waals surface area contributed by atoms with Crippen molar-refractivity contribution in [1.29, 1.82) is 0 Å². The Morgan fingerprint density at radius 1 is 0.923 bits per heavy atom. The van der Waals surface area contributed by atoms with Crippen molar-refractivity contribution in [3.8, 4) is 5.75 Å². The van der Waals surface area contributed by atoms with Crippen molar-refractivity contribution in [2.75, 3.05) is 12.8 Å². The number of hydrogen-bond donors (Lipinski definition) is 2. The van der Waals surface area contributed by atoms with Gasteiger partial charge in [-0.05, 0) is 59.4 Å². The first-order chi connectivity index (χ1) is 18.5. The van der Waals surface area contributed by atoms with E-state index >= 15 is 0 Å². The smallest absolute Gasteiger partial charge is 0.336 e. The van der Waals surface area contributed by atoms with E-state index in [1.807, 2.05) is 78.9 Å². The molecule has 0 saturated heterocycles. The van der Waals surface area contributed by atoms with E-state index in [0.717, 1.165) is 46.9 Å². The van der Waals surface area contributed by atoms with Crippen LogP contribution in [-0.4, -0.2) is 30.4 Å². The third-order valence-corrected chi connectivity index (χ3v) is 8.80. The number of ether oxygens (including phenoxy) is 2. The predicted molar refractivity (Wildman–Crippen MR) is 161 cm³/mol. The van der Waals surface area contributed by atoms with Crippen LogP contribution in [0.15, 0.2) is 95.9 Å². The maximum absolute atomic E-state index is 13.5. The van der Waals surface area contributed by atoms with Crippen molar-refractivity contribution >= 4 is 46.6 Å². The number of esters is 1. The van der Waals surface area contributed by atoms with Crippen molar-refractivity contribution in [1.82, 2.24) is 0 Å². The summed E-state index contributed by atoms with van der Waals surface area (Å²) in [5.41, 5.74) is 8.99. The van der Waals surface area contributed by atoms with E-state index in [9.17, 15) is 9.90 Å². The van der Waals surface area contributed by atoms with Crippen LogP contribution in [0, 0.1) is 0 Å². The molecule has 204 valence electrons. The lowest BCUT2D eigenvalue weighted by Gasteiger charge is -2.33.